The SMILES string of the molecule is C=C(C)Nc1ccc2n[nH]nc2c1. The number of benzene rings is 1. The predicted octanol–water partition coefficient (Wildman–Crippen LogP) is 1.90. The van der Waals surface area contributed by atoms with Crippen LogP contribution in [0.1, 0.15) is 6.92 Å². The van der Waals surface area contributed by atoms with Crippen molar-refractivity contribution in [1.29, 1.82) is 0 Å². The van der Waals surface area contributed by atoms with Crippen molar-refractivity contribution in [2.24, 2.45) is 0 Å². The monoisotopic (exact) mass is 174 g/mol. The molecule has 0 bridgehead atoms. The molecule has 0 aliphatic rings. The normalized spacial score (nSPS) is 10.2. The van der Waals surface area contributed by atoms with E-state index in [-0.39, 0.29) is 0 Å². The first-order valence-corrected chi connectivity index (χ1v) is 3.99. The number of allylic oxidation sites excluding steroid dienone is 1. The lowest BCUT2D eigenvalue weighted by Gasteiger charge is -2.03. The van der Waals surface area contributed by atoms with Crippen LogP contribution >= 0.6 is 0 Å². The van der Waals surface area contributed by atoms with Crippen molar-refractivity contribution in [2.75, 3.05) is 5.32 Å². The average molecular weight is 174 g/mol. The minimum atomic E-state index is 0.853. The van der Waals surface area contributed by atoms with Gasteiger partial charge in [-0.25, -0.2) is 0 Å². The van der Waals surface area contributed by atoms with Gasteiger partial charge in [-0.05, 0) is 25.1 Å². The second-order valence-electron chi connectivity index (χ2n) is 2.93. The lowest BCUT2D eigenvalue weighted by molar-refractivity contribution is 0.959. The van der Waals surface area contributed by atoms with Gasteiger partial charge >= 0.3 is 0 Å². The fourth-order valence-electron chi connectivity index (χ4n) is 1.16. The molecular weight excluding hydrogens is 164 g/mol. The number of hydrogen-bond acceptors (Lipinski definition) is 3. The van der Waals surface area contributed by atoms with Crippen molar-refractivity contribution in [2.45, 2.75) is 6.92 Å². The first-order chi connectivity index (χ1) is 6.25. The molecular formula is C9H10N4. The Labute approximate surface area is 75.7 Å². The highest BCUT2D eigenvalue weighted by atomic mass is 15.3. The number of hydrogen-bond donors (Lipinski definition) is 2. The zero-order valence-electron chi connectivity index (χ0n) is 7.33. The van der Waals surface area contributed by atoms with Crippen LogP contribution in [0.25, 0.3) is 11.0 Å². The highest BCUT2D eigenvalue weighted by Gasteiger charge is 1.98. The summed E-state index contributed by atoms with van der Waals surface area (Å²) in [6.45, 7) is 5.67. The topological polar surface area (TPSA) is 53.6 Å². The number of nitrogens with zero attached hydrogens (tertiary/aromatic N) is 2. The molecule has 0 aliphatic carbocycles. The minimum Gasteiger partial charge on any atom is -0.360 e. The molecule has 0 fully saturated rings. The number of aromatic amines is 1. The van der Waals surface area contributed by atoms with Crippen LogP contribution in [0.3, 0.4) is 0 Å². The van der Waals surface area contributed by atoms with Crippen molar-refractivity contribution >= 4 is 16.7 Å². The molecule has 13 heavy (non-hydrogen) atoms. The Bertz CT molecular complexity index is 444. The third kappa shape index (κ3) is 1.51. The number of aromatic nitrogens is 3. The Hall–Kier alpha value is -1.84. The Balaban J connectivity index is 2.42. The van der Waals surface area contributed by atoms with Gasteiger partial charge in [0, 0.05) is 11.4 Å². The molecule has 66 valence electrons. The van der Waals surface area contributed by atoms with Crippen LogP contribution < -0.4 is 5.32 Å². The van der Waals surface area contributed by atoms with Crippen LogP contribution in [-0.4, -0.2) is 15.4 Å². The maximum atomic E-state index is 3.98. The van der Waals surface area contributed by atoms with Crippen LogP contribution in [0.2, 0.25) is 0 Å². The van der Waals surface area contributed by atoms with Gasteiger partial charge in [-0.1, -0.05) is 6.58 Å². The summed E-state index contributed by atoms with van der Waals surface area (Å²) in [6.07, 6.45) is 0. The highest BCUT2D eigenvalue weighted by molar-refractivity contribution is 5.78. The van der Waals surface area contributed by atoms with Crippen molar-refractivity contribution in [3.05, 3.63) is 30.5 Å². The Morgan fingerprint density at radius 3 is 2.92 bits per heavy atom. The van der Waals surface area contributed by atoms with Crippen molar-refractivity contribution in [1.82, 2.24) is 15.4 Å². The summed E-state index contributed by atoms with van der Waals surface area (Å²) in [6, 6.07) is 5.77. The fraction of sp³-hybridized carbons (Fsp3) is 0.111. The molecule has 1 heterocycles. The van der Waals surface area contributed by atoms with Crippen LogP contribution in [0.4, 0.5) is 5.69 Å². The van der Waals surface area contributed by atoms with Crippen molar-refractivity contribution in [3.8, 4) is 0 Å². The van der Waals surface area contributed by atoms with E-state index in [0.29, 0.717) is 0 Å². The zero-order chi connectivity index (χ0) is 9.26. The Kier molecular flexibility index (Phi) is 1.73. The zero-order valence-corrected chi connectivity index (χ0v) is 7.33. The third-order valence-corrected chi connectivity index (χ3v) is 1.67. The first-order valence-electron chi connectivity index (χ1n) is 3.99. The first kappa shape index (κ1) is 7.79. The van der Waals surface area contributed by atoms with E-state index in [1.165, 1.54) is 0 Å². The van der Waals surface area contributed by atoms with E-state index in [1.54, 1.807) is 0 Å². The van der Waals surface area contributed by atoms with Gasteiger partial charge in [0.2, 0.25) is 0 Å². The minimum absolute atomic E-state index is 0.853. The van der Waals surface area contributed by atoms with Gasteiger partial charge in [-0.3, -0.25) is 0 Å². The molecule has 0 unspecified atom stereocenters. The number of fused-ring (bicyclic) bond motifs is 1. The van der Waals surface area contributed by atoms with Gasteiger partial charge in [0.15, 0.2) is 0 Å². The lowest BCUT2D eigenvalue weighted by atomic mass is 10.2. The van der Waals surface area contributed by atoms with E-state index < -0.39 is 0 Å². The summed E-state index contributed by atoms with van der Waals surface area (Å²) in [5, 5.41) is 13.6. The smallest absolute Gasteiger partial charge is 0.115 e. The van der Waals surface area contributed by atoms with Gasteiger partial charge < -0.3 is 5.32 Å². The fourth-order valence-corrected chi connectivity index (χ4v) is 1.16. The van der Waals surface area contributed by atoms with E-state index in [9.17, 15) is 0 Å². The van der Waals surface area contributed by atoms with Crippen LogP contribution in [-0.2, 0) is 0 Å². The van der Waals surface area contributed by atoms with Crippen molar-refractivity contribution in [3.63, 3.8) is 0 Å². The summed E-state index contributed by atoms with van der Waals surface area (Å²) >= 11 is 0. The quantitative estimate of drug-likeness (QED) is 0.731. The highest BCUT2D eigenvalue weighted by Crippen LogP contribution is 2.15. The van der Waals surface area contributed by atoms with E-state index in [0.717, 1.165) is 22.4 Å². The molecule has 0 atom stereocenters. The molecule has 4 heteroatoms. The van der Waals surface area contributed by atoms with Crippen LogP contribution in [0.5, 0.6) is 0 Å². The molecule has 4 nitrogen and oxygen atoms in total. The molecule has 0 amide bonds. The van der Waals surface area contributed by atoms with E-state index in [1.807, 2.05) is 25.1 Å². The Morgan fingerprint density at radius 2 is 2.15 bits per heavy atom. The maximum absolute atomic E-state index is 3.98. The van der Waals surface area contributed by atoms with Gasteiger partial charge in [0.05, 0.1) is 0 Å². The largest absolute Gasteiger partial charge is 0.360 e. The van der Waals surface area contributed by atoms with Gasteiger partial charge in [0.25, 0.3) is 0 Å². The van der Waals surface area contributed by atoms with Crippen LogP contribution in [0.15, 0.2) is 30.5 Å². The summed E-state index contributed by atoms with van der Waals surface area (Å²) in [5.74, 6) is 0. The lowest BCUT2D eigenvalue weighted by Crippen LogP contribution is -1.92. The molecule has 0 aliphatic heterocycles. The number of H-pyrrole nitrogens is 1. The van der Waals surface area contributed by atoms with E-state index in [2.05, 4.69) is 27.3 Å². The molecule has 2 rings (SSSR count). The summed E-state index contributed by atoms with van der Waals surface area (Å²) in [7, 11) is 0. The van der Waals surface area contributed by atoms with E-state index in [4.69, 9.17) is 0 Å². The molecule has 0 radical (unpaired) electrons. The number of nitrogens with one attached hydrogen (secondary N) is 2. The molecule has 1 aromatic carbocycles. The Morgan fingerprint density at radius 1 is 1.38 bits per heavy atom. The maximum Gasteiger partial charge on any atom is 0.115 e. The molecule has 1 aromatic heterocycles. The van der Waals surface area contributed by atoms with Gasteiger partial charge in [-0.15, -0.1) is 0 Å². The number of anilines is 1. The summed E-state index contributed by atoms with van der Waals surface area (Å²) in [5.41, 5.74) is 3.61. The summed E-state index contributed by atoms with van der Waals surface area (Å²) in [4.78, 5) is 0. The molecule has 2 aromatic rings. The second kappa shape index (κ2) is 2.90. The standard InChI is InChI=1S/C9H10N4/c1-6(2)10-7-3-4-8-9(5-7)12-13-11-8/h3-5,10H,1H2,2H3,(H,11,12,13). The van der Waals surface area contributed by atoms with Crippen LogP contribution in [0, 0.1) is 0 Å². The second-order valence-corrected chi connectivity index (χ2v) is 2.93. The van der Waals surface area contributed by atoms with Crippen molar-refractivity contribution < 1.29 is 0 Å². The van der Waals surface area contributed by atoms with E-state index >= 15 is 0 Å². The molecule has 0 spiro atoms. The molecule has 0 saturated carbocycles. The predicted molar refractivity (Wildman–Crippen MR) is 52.3 cm³/mol. The molecule has 0 saturated heterocycles. The average Bonchev–Trinajstić information content (AvgIpc) is 2.49. The third-order valence-electron chi connectivity index (χ3n) is 1.67. The van der Waals surface area contributed by atoms with Gasteiger partial charge in [-0.2, -0.15) is 15.4 Å². The summed E-state index contributed by atoms with van der Waals surface area (Å²) < 4.78 is 0. The van der Waals surface area contributed by atoms with Gasteiger partial charge in [0.1, 0.15) is 11.0 Å². The molecule has 2 N–H and O–H groups in total. The number of rotatable bonds is 2.